The summed E-state index contributed by atoms with van der Waals surface area (Å²) in [5.41, 5.74) is 0.493. The minimum atomic E-state index is -3.48. The number of hydrogen-bond acceptors (Lipinski definition) is 4. The van der Waals surface area contributed by atoms with Crippen LogP contribution in [0.1, 0.15) is 46.5 Å². The van der Waals surface area contributed by atoms with Crippen LogP contribution in [0.4, 0.5) is 5.69 Å². The van der Waals surface area contributed by atoms with Crippen LogP contribution in [0.2, 0.25) is 0 Å². The van der Waals surface area contributed by atoms with E-state index in [4.69, 9.17) is 4.74 Å². The van der Waals surface area contributed by atoms with Crippen LogP contribution in [0.25, 0.3) is 0 Å². The molecule has 7 heteroatoms. The SMILES string of the molecule is CCCCC(CC)CNC(=O)C1CN(S(=O)(=O)CC)c2ccccc2O1. The smallest absolute Gasteiger partial charge is 0.263 e. The Bertz CT molecular complexity index is 705. The normalized spacial score (nSPS) is 18.0. The first-order valence-electron chi connectivity index (χ1n) is 9.46. The summed E-state index contributed by atoms with van der Waals surface area (Å²) < 4.78 is 32.0. The maximum absolute atomic E-state index is 12.6. The first-order chi connectivity index (χ1) is 12.4. The van der Waals surface area contributed by atoms with Crippen LogP contribution >= 0.6 is 0 Å². The van der Waals surface area contributed by atoms with E-state index in [-0.39, 0.29) is 18.2 Å². The van der Waals surface area contributed by atoms with Gasteiger partial charge in [-0.3, -0.25) is 9.10 Å². The lowest BCUT2D eigenvalue weighted by atomic mass is 9.99. The van der Waals surface area contributed by atoms with E-state index in [9.17, 15) is 13.2 Å². The molecule has 1 aliphatic heterocycles. The molecule has 1 N–H and O–H groups in total. The van der Waals surface area contributed by atoms with Gasteiger partial charge in [0.2, 0.25) is 10.0 Å². The first kappa shape index (κ1) is 20.6. The number of hydrogen-bond donors (Lipinski definition) is 1. The number of ether oxygens (including phenoxy) is 1. The number of fused-ring (bicyclic) bond motifs is 1. The molecule has 0 spiro atoms. The lowest BCUT2D eigenvalue weighted by Crippen LogP contribution is -2.51. The molecule has 0 aromatic heterocycles. The third-order valence-electron chi connectivity index (χ3n) is 4.84. The number of carbonyl (C=O) groups excluding carboxylic acids is 1. The molecular formula is C19H30N2O4S. The number of para-hydroxylation sites is 2. The van der Waals surface area contributed by atoms with Crippen LogP contribution in [0.15, 0.2) is 24.3 Å². The largest absolute Gasteiger partial charge is 0.476 e. The molecule has 1 aromatic carbocycles. The minimum absolute atomic E-state index is 0.00473. The zero-order valence-corrected chi connectivity index (χ0v) is 16.7. The maximum atomic E-state index is 12.6. The summed E-state index contributed by atoms with van der Waals surface area (Å²) in [7, 11) is -3.48. The van der Waals surface area contributed by atoms with Crippen molar-refractivity contribution in [3.05, 3.63) is 24.3 Å². The zero-order chi connectivity index (χ0) is 19.2. The van der Waals surface area contributed by atoms with Crippen LogP contribution in [-0.4, -0.2) is 39.3 Å². The van der Waals surface area contributed by atoms with E-state index >= 15 is 0 Å². The Morgan fingerprint density at radius 1 is 1.31 bits per heavy atom. The number of benzene rings is 1. The Morgan fingerprint density at radius 3 is 2.69 bits per heavy atom. The molecule has 0 aliphatic carbocycles. The van der Waals surface area contributed by atoms with Gasteiger partial charge < -0.3 is 10.1 Å². The summed E-state index contributed by atoms with van der Waals surface area (Å²) in [6.45, 7) is 6.47. The van der Waals surface area contributed by atoms with Crippen molar-refractivity contribution >= 4 is 21.6 Å². The molecule has 0 bridgehead atoms. The number of nitrogens with one attached hydrogen (secondary N) is 1. The molecule has 1 heterocycles. The average molecular weight is 383 g/mol. The summed E-state index contributed by atoms with van der Waals surface area (Å²) in [6, 6.07) is 6.94. The van der Waals surface area contributed by atoms with Gasteiger partial charge >= 0.3 is 0 Å². The fraction of sp³-hybridized carbons (Fsp3) is 0.632. The maximum Gasteiger partial charge on any atom is 0.263 e. The quantitative estimate of drug-likeness (QED) is 0.712. The predicted molar refractivity (Wildman–Crippen MR) is 104 cm³/mol. The molecule has 2 rings (SSSR count). The van der Waals surface area contributed by atoms with Crippen molar-refractivity contribution in [3.63, 3.8) is 0 Å². The molecule has 1 aromatic rings. The van der Waals surface area contributed by atoms with Gasteiger partial charge in [-0.05, 0) is 31.4 Å². The van der Waals surface area contributed by atoms with Crippen molar-refractivity contribution in [1.82, 2.24) is 5.32 Å². The molecule has 146 valence electrons. The van der Waals surface area contributed by atoms with Crippen molar-refractivity contribution in [3.8, 4) is 5.75 Å². The summed E-state index contributed by atoms with van der Waals surface area (Å²) in [4.78, 5) is 12.6. The van der Waals surface area contributed by atoms with Crippen molar-refractivity contribution in [2.75, 3.05) is 23.1 Å². The van der Waals surface area contributed by atoms with Gasteiger partial charge in [-0.15, -0.1) is 0 Å². The number of nitrogens with zero attached hydrogens (tertiary/aromatic N) is 1. The topological polar surface area (TPSA) is 75.7 Å². The van der Waals surface area contributed by atoms with Crippen molar-refractivity contribution < 1.29 is 17.9 Å². The molecule has 2 atom stereocenters. The van der Waals surface area contributed by atoms with E-state index in [2.05, 4.69) is 19.2 Å². The van der Waals surface area contributed by atoms with Gasteiger partial charge in [0.05, 0.1) is 18.0 Å². The van der Waals surface area contributed by atoms with Crippen LogP contribution in [0, 0.1) is 5.92 Å². The number of sulfonamides is 1. The Kier molecular flexibility index (Phi) is 7.32. The Morgan fingerprint density at radius 2 is 2.04 bits per heavy atom. The van der Waals surface area contributed by atoms with Gasteiger partial charge in [0.1, 0.15) is 5.75 Å². The molecule has 0 radical (unpaired) electrons. The molecule has 6 nitrogen and oxygen atoms in total. The summed E-state index contributed by atoms with van der Waals surface area (Å²) in [6.07, 6.45) is 3.53. The highest BCUT2D eigenvalue weighted by Crippen LogP contribution is 2.35. The lowest BCUT2D eigenvalue weighted by molar-refractivity contribution is -0.127. The summed E-state index contributed by atoms with van der Waals surface area (Å²) in [5.74, 6) is 0.579. The fourth-order valence-electron chi connectivity index (χ4n) is 3.06. The van der Waals surface area contributed by atoms with Crippen molar-refractivity contribution in [1.29, 1.82) is 0 Å². The number of unbranched alkanes of at least 4 members (excludes halogenated alkanes) is 1. The predicted octanol–water partition coefficient (Wildman–Crippen LogP) is 2.94. The van der Waals surface area contributed by atoms with E-state index in [0.29, 0.717) is 23.9 Å². The Labute approximate surface area is 157 Å². The molecule has 26 heavy (non-hydrogen) atoms. The van der Waals surface area contributed by atoms with Gasteiger partial charge in [-0.1, -0.05) is 45.2 Å². The number of rotatable bonds is 9. The Hall–Kier alpha value is -1.76. The van der Waals surface area contributed by atoms with Gasteiger partial charge in [0.15, 0.2) is 6.10 Å². The zero-order valence-electron chi connectivity index (χ0n) is 15.9. The van der Waals surface area contributed by atoms with E-state index in [1.54, 1.807) is 31.2 Å². The standard InChI is InChI=1S/C19H30N2O4S/c1-4-7-10-15(5-2)13-20-19(22)18-14-21(26(23,24)6-3)16-11-8-9-12-17(16)25-18/h8-9,11-12,15,18H,4-7,10,13-14H2,1-3H3,(H,20,22). The van der Waals surface area contributed by atoms with Crippen LogP contribution in [0.3, 0.4) is 0 Å². The number of amides is 1. The molecule has 2 unspecified atom stereocenters. The summed E-state index contributed by atoms with van der Waals surface area (Å²) in [5, 5.41) is 2.95. The summed E-state index contributed by atoms with van der Waals surface area (Å²) >= 11 is 0. The van der Waals surface area contributed by atoms with Crippen LogP contribution in [0.5, 0.6) is 5.75 Å². The molecule has 0 saturated heterocycles. The Balaban J connectivity index is 2.10. The van der Waals surface area contributed by atoms with E-state index in [0.717, 1.165) is 25.7 Å². The second-order valence-corrected chi connectivity index (χ2v) is 8.85. The van der Waals surface area contributed by atoms with E-state index in [1.807, 2.05) is 0 Å². The van der Waals surface area contributed by atoms with Crippen LogP contribution < -0.4 is 14.4 Å². The highest BCUT2D eigenvalue weighted by Gasteiger charge is 2.35. The second-order valence-electron chi connectivity index (χ2n) is 6.67. The lowest BCUT2D eigenvalue weighted by Gasteiger charge is -2.34. The van der Waals surface area contributed by atoms with Gasteiger partial charge in [-0.25, -0.2) is 8.42 Å². The average Bonchev–Trinajstić information content (AvgIpc) is 2.66. The highest BCUT2D eigenvalue weighted by molar-refractivity contribution is 7.92. The molecule has 1 aliphatic rings. The van der Waals surface area contributed by atoms with Crippen LogP contribution in [-0.2, 0) is 14.8 Å². The fourth-order valence-corrected chi connectivity index (χ4v) is 4.18. The van der Waals surface area contributed by atoms with Gasteiger partial charge in [-0.2, -0.15) is 0 Å². The van der Waals surface area contributed by atoms with Gasteiger partial charge in [0.25, 0.3) is 5.91 Å². The molecule has 0 fully saturated rings. The first-order valence-corrected chi connectivity index (χ1v) is 11.1. The van der Waals surface area contributed by atoms with Crippen molar-refractivity contribution in [2.24, 2.45) is 5.92 Å². The third kappa shape index (κ3) is 4.90. The molecule has 0 saturated carbocycles. The third-order valence-corrected chi connectivity index (χ3v) is 6.58. The molecular weight excluding hydrogens is 352 g/mol. The number of anilines is 1. The van der Waals surface area contributed by atoms with Gasteiger partial charge in [0, 0.05) is 6.54 Å². The minimum Gasteiger partial charge on any atom is -0.476 e. The van der Waals surface area contributed by atoms with E-state index < -0.39 is 16.1 Å². The van der Waals surface area contributed by atoms with E-state index in [1.165, 1.54) is 4.31 Å². The molecule has 1 amide bonds. The number of carbonyl (C=O) groups is 1. The second kappa shape index (κ2) is 9.26. The monoisotopic (exact) mass is 382 g/mol. The highest BCUT2D eigenvalue weighted by atomic mass is 32.2. The van der Waals surface area contributed by atoms with Crippen molar-refractivity contribution in [2.45, 2.75) is 52.6 Å².